The number of hydrogen-bond donors (Lipinski definition) is 0. The summed E-state index contributed by atoms with van der Waals surface area (Å²) in [5.74, 6) is 0.287. The van der Waals surface area contributed by atoms with Gasteiger partial charge in [-0.05, 0) is 129 Å². The molecule has 2 heterocycles. The molecule has 2 heteroatoms. The normalized spacial score (nSPS) is 13.6. The van der Waals surface area contributed by atoms with Crippen LogP contribution < -0.4 is 0 Å². The molecule has 0 aliphatic heterocycles. The second-order valence-corrected chi connectivity index (χ2v) is 15.7. The molecule has 1 unspecified atom stereocenters. The highest BCUT2D eigenvalue weighted by molar-refractivity contribution is 6.11. The fourth-order valence-electron chi connectivity index (χ4n) is 9.79. The molecule has 1 aliphatic rings. The summed E-state index contributed by atoms with van der Waals surface area (Å²) in [4.78, 5) is 0. The van der Waals surface area contributed by atoms with Crippen LogP contribution in [-0.4, -0.2) is 9.13 Å². The third kappa shape index (κ3) is 5.12. The molecular formula is C56H38N2. The van der Waals surface area contributed by atoms with Crippen LogP contribution in [0.15, 0.2) is 212 Å². The van der Waals surface area contributed by atoms with Gasteiger partial charge in [0, 0.05) is 38.8 Å². The zero-order valence-corrected chi connectivity index (χ0v) is 31.9. The maximum absolute atomic E-state index is 2.46. The van der Waals surface area contributed by atoms with Crippen LogP contribution in [0.1, 0.15) is 22.6 Å². The minimum absolute atomic E-state index is 0.287. The lowest BCUT2D eigenvalue weighted by atomic mass is 9.74. The van der Waals surface area contributed by atoms with E-state index in [4.69, 9.17) is 0 Å². The first-order valence-electron chi connectivity index (χ1n) is 20.3. The van der Waals surface area contributed by atoms with Crippen LogP contribution in [0.25, 0.3) is 88.4 Å². The van der Waals surface area contributed by atoms with Crippen molar-refractivity contribution in [3.8, 4) is 44.8 Å². The second kappa shape index (κ2) is 13.1. The van der Waals surface area contributed by atoms with Crippen molar-refractivity contribution in [2.45, 2.75) is 12.3 Å². The lowest BCUT2D eigenvalue weighted by Crippen LogP contribution is -2.13. The van der Waals surface area contributed by atoms with E-state index in [1.807, 2.05) is 0 Å². The molecule has 12 rings (SSSR count). The molecule has 0 radical (unpaired) electrons. The first-order valence-corrected chi connectivity index (χ1v) is 20.3. The van der Waals surface area contributed by atoms with Crippen molar-refractivity contribution in [3.05, 3.63) is 229 Å². The Kier molecular flexibility index (Phi) is 7.39. The van der Waals surface area contributed by atoms with Gasteiger partial charge in [-0.15, -0.1) is 0 Å². The van der Waals surface area contributed by atoms with E-state index in [0.717, 1.165) is 6.42 Å². The van der Waals surface area contributed by atoms with E-state index in [-0.39, 0.29) is 5.92 Å². The Labute approximate surface area is 337 Å². The molecule has 0 spiro atoms. The van der Waals surface area contributed by atoms with Gasteiger partial charge < -0.3 is 9.13 Å². The van der Waals surface area contributed by atoms with Gasteiger partial charge in [-0.25, -0.2) is 0 Å². The van der Waals surface area contributed by atoms with Crippen molar-refractivity contribution in [1.82, 2.24) is 9.13 Å². The molecule has 0 saturated carbocycles. The molecule has 1 atom stereocenters. The largest absolute Gasteiger partial charge is 0.309 e. The maximum Gasteiger partial charge on any atom is 0.0541 e. The van der Waals surface area contributed by atoms with Gasteiger partial charge in [-0.3, -0.25) is 0 Å². The molecule has 272 valence electrons. The first kappa shape index (κ1) is 32.8. The first-order chi connectivity index (χ1) is 28.8. The van der Waals surface area contributed by atoms with Crippen LogP contribution in [0.4, 0.5) is 0 Å². The lowest BCUT2D eigenvalue weighted by Gasteiger charge is -2.29. The van der Waals surface area contributed by atoms with E-state index in [0.29, 0.717) is 0 Å². The Balaban J connectivity index is 1.02. The molecule has 2 aromatic heterocycles. The minimum Gasteiger partial charge on any atom is -0.309 e. The summed E-state index contributed by atoms with van der Waals surface area (Å²) in [5, 5.41) is 5.07. The SMILES string of the molecule is c1ccc(C2Cc3ccc(-c4ccc5c(c4)c4ccccc4n5-c4ccccc4)cc3-c3cc(-c4ccc5c(c4)c4ccccc4n5-c4ccccc4)ccc32)cc1. The molecule has 9 aromatic carbocycles. The smallest absolute Gasteiger partial charge is 0.0541 e. The van der Waals surface area contributed by atoms with E-state index in [2.05, 4.69) is 221 Å². The highest BCUT2D eigenvalue weighted by Gasteiger charge is 2.27. The fraction of sp³-hybridized carbons (Fsp3) is 0.0357. The quantitative estimate of drug-likeness (QED) is 0.166. The van der Waals surface area contributed by atoms with Gasteiger partial charge in [-0.1, -0.05) is 140 Å². The molecule has 2 nitrogen and oxygen atoms in total. The predicted molar refractivity (Wildman–Crippen MR) is 243 cm³/mol. The molecule has 58 heavy (non-hydrogen) atoms. The summed E-state index contributed by atoms with van der Waals surface area (Å²) in [5.41, 5.74) is 19.0. The zero-order chi connectivity index (χ0) is 38.2. The van der Waals surface area contributed by atoms with Crippen LogP contribution >= 0.6 is 0 Å². The third-order valence-electron chi connectivity index (χ3n) is 12.5. The van der Waals surface area contributed by atoms with Crippen LogP contribution in [0.5, 0.6) is 0 Å². The average molecular weight is 739 g/mol. The van der Waals surface area contributed by atoms with E-state index >= 15 is 0 Å². The van der Waals surface area contributed by atoms with E-state index < -0.39 is 0 Å². The van der Waals surface area contributed by atoms with Crippen LogP contribution in [0.2, 0.25) is 0 Å². The van der Waals surface area contributed by atoms with Gasteiger partial charge in [0.15, 0.2) is 0 Å². The van der Waals surface area contributed by atoms with Crippen molar-refractivity contribution >= 4 is 43.6 Å². The molecule has 11 aromatic rings. The molecule has 0 N–H and O–H groups in total. The number of rotatable bonds is 5. The molecule has 1 aliphatic carbocycles. The lowest BCUT2D eigenvalue weighted by molar-refractivity contribution is 0.794. The van der Waals surface area contributed by atoms with Crippen LogP contribution in [0.3, 0.4) is 0 Å². The number of hydrogen-bond acceptors (Lipinski definition) is 0. The van der Waals surface area contributed by atoms with Gasteiger partial charge in [0.1, 0.15) is 0 Å². The summed E-state index contributed by atoms with van der Waals surface area (Å²) < 4.78 is 4.78. The van der Waals surface area contributed by atoms with Gasteiger partial charge in [0.2, 0.25) is 0 Å². The monoisotopic (exact) mass is 738 g/mol. The van der Waals surface area contributed by atoms with Crippen LogP contribution in [0, 0.1) is 0 Å². The van der Waals surface area contributed by atoms with Crippen molar-refractivity contribution < 1.29 is 0 Å². The van der Waals surface area contributed by atoms with E-state index in [9.17, 15) is 0 Å². The third-order valence-corrected chi connectivity index (χ3v) is 12.5. The summed E-state index contributed by atoms with van der Waals surface area (Å²) in [6.45, 7) is 0. The summed E-state index contributed by atoms with van der Waals surface area (Å²) in [7, 11) is 0. The Bertz CT molecular complexity index is 3350. The van der Waals surface area contributed by atoms with Crippen molar-refractivity contribution in [2.75, 3.05) is 0 Å². The Morgan fingerprint density at radius 3 is 1.33 bits per heavy atom. The standard InChI is InChI=1S/C56H38N2/c1-4-14-37(15-5-1)48-36-42-25-24-38(40-27-30-55-51(34-40)46-20-10-12-22-53(46)57(55)43-16-6-2-7-17-43)32-49(42)50-33-39(26-29-45(48)50)41-28-31-56-52(35-41)47-21-11-13-23-54(47)58(56)44-18-8-3-9-19-44/h1-35,48H,36H2. The van der Waals surface area contributed by atoms with Crippen LogP contribution in [-0.2, 0) is 6.42 Å². The number of benzene rings is 9. The number of para-hydroxylation sites is 4. The van der Waals surface area contributed by atoms with Gasteiger partial charge >= 0.3 is 0 Å². The molecule has 0 bridgehead atoms. The second-order valence-electron chi connectivity index (χ2n) is 15.7. The average Bonchev–Trinajstić information content (AvgIpc) is 3.81. The highest BCUT2D eigenvalue weighted by atomic mass is 15.0. The summed E-state index contributed by atoms with van der Waals surface area (Å²) in [6, 6.07) is 78.4. The highest BCUT2D eigenvalue weighted by Crippen LogP contribution is 2.46. The van der Waals surface area contributed by atoms with Crippen molar-refractivity contribution in [3.63, 3.8) is 0 Å². The molecular weight excluding hydrogens is 701 g/mol. The van der Waals surface area contributed by atoms with E-state index in [1.54, 1.807) is 0 Å². The number of aromatic nitrogens is 2. The summed E-state index contributed by atoms with van der Waals surface area (Å²) >= 11 is 0. The maximum atomic E-state index is 2.46. The molecule has 0 fully saturated rings. The Hall–Kier alpha value is -7.42. The topological polar surface area (TPSA) is 9.86 Å². The number of fused-ring (bicyclic) bond motifs is 9. The van der Waals surface area contributed by atoms with Crippen molar-refractivity contribution in [2.24, 2.45) is 0 Å². The number of nitrogens with zero attached hydrogens (tertiary/aromatic N) is 2. The van der Waals surface area contributed by atoms with E-state index in [1.165, 1.54) is 105 Å². The van der Waals surface area contributed by atoms with Gasteiger partial charge in [-0.2, -0.15) is 0 Å². The van der Waals surface area contributed by atoms with Gasteiger partial charge in [0.05, 0.1) is 22.1 Å². The zero-order valence-electron chi connectivity index (χ0n) is 31.9. The van der Waals surface area contributed by atoms with Crippen molar-refractivity contribution in [1.29, 1.82) is 0 Å². The predicted octanol–water partition coefficient (Wildman–Crippen LogP) is 14.6. The molecule has 0 amide bonds. The Morgan fingerprint density at radius 1 is 0.328 bits per heavy atom. The Morgan fingerprint density at radius 2 is 0.759 bits per heavy atom. The molecule has 0 saturated heterocycles. The minimum atomic E-state index is 0.287. The van der Waals surface area contributed by atoms with Gasteiger partial charge in [0.25, 0.3) is 0 Å². The summed E-state index contributed by atoms with van der Waals surface area (Å²) in [6.07, 6.45) is 0.973. The fourth-order valence-corrected chi connectivity index (χ4v) is 9.79.